The molecule has 1 aliphatic carbocycles. The number of carbonyl (C=O) groups excluding carboxylic acids is 1. The van der Waals surface area contributed by atoms with Crippen LogP contribution in [0.5, 0.6) is 5.75 Å². The Labute approximate surface area is 227 Å². The van der Waals surface area contributed by atoms with Crippen molar-refractivity contribution in [1.29, 1.82) is 0 Å². The third kappa shape index (κ3) is 7.13. The SMILES string of the molecule is C.Cc1ccc(N)c(/C=C(\N)C2CC2)c1.NI1(=O)COc2c1cc(CCNC=O)nc2-c1ccc(F)cc1. The predicted molar refractivity (Wildman–Crippen MR) is 158 cm³/mol. The Balaban J connectivity index is 0.000000229. The number of nitrogens with zero attached hydrogens (tertiary/aromatic N) is 1. The van der Waals surface area contributed by atoms with Crippen molar-refractivity contribution < 1.29 is 17.0 Å². The number of carbonyl (C=O) groups is 1. The third-order valence-electron chi connectivity index (χ3n) is 6.03. The van der Waals surface area contributed by atoms with Crippen LogP contribution in [0.1, 0.15) is 37.1 Å². The second-order valence-corrected chi connectivity index (χ2v) is 14.7. The van der Waals surface area contributed by atoms with E-state index in [0.717, 1.165) is 16.9 Å². The fourth-order valence-electron chi connectivity index (χ4n) is 3.84. The van der Waals surface area contributed by atoms with Gasteiger partial charge in [0.15, 0.2) is 0 Å². The summed E-state index contributed by atoms with van der Waals surface area (Å²) in [5, 5.41) is 2.56. The summed E-state index contributed by atoms with van der Waals surface area (Å²) < 4.78 is 37.6. The van der Waals surface area contributed by atoms with Gasteiger partial charge in [-0.3, -0.25) is 0 Å². The molecule has 1 aliphatic heterocycles. The quantitative estimate of drug-likeness (QED) is 0.0723. The van der Waals surface area contributed by atoms with E-state index in [4.69, 9.17) is 20.2 Å². The summed E-state index contributed by atoms with van der Waals surface area (Å²) in [6.07, 6.45) is 5.55. The Kier molecular flexibility index (Phi) is 9.55. The van der Waals surface area contributed by atoms with E-state index in [1.165, 1.54) is 30.5 Å². The van der Waals surface area contributed by atoms with Gasteiger partial charge in [0.1, 0.15) is 0 Å². The molecular formula is C28H35FIN5O3. The fourth-order valence-corrected chi connectivity index (χ4v) is 7.08. The van der Waals surface area contributed by atoms with Crippen molar-refractivity contribution >= 4 is 36.9 Å². The van der Waals surface area contributed by atoms with Crippen molar-refractivity contribution in [3.8, 4) is 17.0 Å². The molecule has 1 unspecified atom stereocenters. The first-order valence-corrected chi connectivity index (χ1v) is 16.6. The number of alkyl halides is 1. The predicted octanol–water partition coefficient (Wildman–Crippen LogP) is 4.88. The number of nitrogens with one attached hydrogen (secondary N) is 1. The molecule has 5 rings (SSSR count). The molecule has 0 saturated heterocycles. The molecule has 0 bridgehead atoms. The van der Waals surface area contributed by atoms with Gasteiger partial charge >= 0.3 is 136 Å². The zero-order valence-corrected chi connectivity index (χ0v) is 22.7. The summed E-state index contributed by atoms with van der Waals surface area (Å²) in [5.74, 6) is 0.666. The van der Waals surface area contributed by atoms with Crippen LogP contribution in [0.15, 0.2) is 54.2 Å². The first kappa shape index (κ1) is 29.2. The first-order valence-electron chi connectivity index (χ1n) is 11.8. The summed E-state index contributed by atoms with van der Waals surface area (Å²) >= 11 is -3.85. The van der Waals surface area contributed by atoms with Gasteiger partial charge in [-0.05, 0) is 49.5 Å². The van der Waals surface area contributed by atoms with Gasteiger partial charge in [-0.1, -0.05) is 19.1 Å². The number of rotatable bonds is 7. The van der Waals surface area contributed by atoms with Gasteiger partial charge in [-0.25, -0.2) is 0 Å². The molecule has 1 fully saturated rings. The van der Waals surface area contributed by atoms with Crippen LogP contribution in [-0.2, 0) is 14.3 Å². The molecule has 2 heterocycles. The fraction of sp³-hybridized carbons (Fsp3) is 0.286. The number of halogens is 2. The van der Waals surface area contributed by atoms with Crippen molar-refractivity contribution in [2.75, 3.05) is 16.9 Å². The number of allylic oxidation sites excluding steroid dienone is 1. The zero-order chi connectivity index (χ0) is 26.6. The Morgan fingerprint density at radius 1 is 1.21 bits per heavy atom. The zero-order valence-electron chi connectivity index (χ0n) is 20.5. The molecule has 8 nitrogen and oxygen atoms in total. The molecule has 3 aromatic rings. The molecule has 1 amide bonds. The molecular weight excluding hydrogens is 600 g/mol. The molecule has 1 saturated carbocycles. The summed E-state index contributed by atoms with van der Waals surface area (Å²) in [6.45, 7) is 2.46. The van der Waals surface area contributed by atoms with Crippen LogP contribution in [0.3, 0.4) is 0 Å². The number of ether oxygens (including phenoxy) is 1. The van der Waals surface area contributed by atoms with Crippen LogP contribution in [0, 0.1) is 22.2 Å². The number of benzene rings is 2. The number of anilines is 1. The van der Waals surface area contributed by atoms with Crippen LogP contribution in [-0.4, -0.2) is 22.6 Å². The molecule has 204 valence electrons. The third-order valence-corrected chi connectivity index (χ3v) is 10.0. The topological polar surface area (TPSA) is 146 Å². The normalized spacial score (nSPS) is 19.5. The van der Waals surface area contributed by atoms with E-state index in [0.29, 0.717) is 51.6 Å². The number of pyridine rings is 1. The van der Waals surface area contributed by atoms with E-state index < -0.39 is 18.7 Å². The molecule has 0 radical (unpaired) electrons. The number of nitrogens with two attached hydrogens (primary N) is 3. The van der Waals surface area contributed by atoms with E-state index >= 15 is 0 Å². The van der Waals surface area contributed by atoms with E-state index in [9.17, 15) is 12.3 Å². The second-order valence-electron chi connectivity index (χ2n) is 9.08. The first-order chi connectivity index (χ1) is 17.7. The summed E-state index contributed by atoms with van der Waals surface area (Å²) in [4.78, 5) is 14.9. The van der Waals surface area contributed by atoms with E-state index in [1.54, 1.807) is 18.2 Å². The number of amides is 1. The number of hydrogen-bond acceptors (Lipinski definition) is 6. The van der Waals surface area contributed by atoms with E-state index in [-0.39, 0.29) is 17.9 Å². The molecule has 2 aliphatic rings. The number of aromatic nitrogens is 1. The van der Waals surface area contributed by atoms with Crippen LogP contribution < -0.4 is 25.5 Å². The standard InChI is InChI=1S/C15H15FIN3O3.C12H16N2.CH4/c16-11-3-1-10(2-4-11)14-15-13(17(18,22)8-23-15)7-12(20-14)5-6-19-9-21;1-8-2-5-11(13)10(6-8)7-12(14)9-3-4-9;/h1-4,7,9H,5-6,8H2,(H2,18,22)(H,19,21);2,5-7,9H,3-4,13-14H2,1H3;1H4/b;12-7-;. The number of nitrogen functional groups attached to an aromatic ring is 1. The molecule has 1 aromatic heterocycles. The Bertz CT molecular complexity index is 1370. The van der Waals surface area contributed by atoms with Gasteiger partial charge in [0.2, 0.25) is 0 Å². The summed E-state index contributed by atoms with van der Waals surface area (Å²) in [6, 6.07) is 13.5. The van der Waals surface area contributed by atoms with Gasteiger partial charge in [0.05, 0.1) is 0 Å². The Morgan fingerprint density at radius 3 is 2.58 bits per heavy atom. The Hall–Kier alpha value is -3.38. The van der Waals surface area contributed by atoms with Crippen LogP contribution in [0.4, 0.5) is 10.1 Å². The molecule has 7 N–H and O–H groups in total. The molecule has 1 atom stereocenters. The van der Waals surface area contributed by atoms with Crippen LogP contribution in [0.25, 0.3) is 17.3 Å². The minimum atomic E-state index is -3.85. The number of hydrogen-bond donors (Lipinski definition) is 4. The summed E-state index contributed by atoms with van der Waals surface area (Å²) in [7, 11) is 0. The maximum absolute atomic E-state index is 13.1. The van der Waals surface area contributed by atoms with Crippen molar-refractivity contribution in [2.24, 2.45) is 15.6 Å². The molecule has 2 aromatic carbocycles. The molecule has 0 spiro atoms. The van der Waals surface area contributed by atoms with Crippen molar-refractivity contribution in [2.45, 2.75) is 33.6 Å². The number of aryl methyl sites for hydroxylation is 1. The monoisotopic (exact) mass is 635 g/mol. The maximum atomic E-state index is 13.1. The van der Waals surface area contributed by atoms with Crippen molar-refractivity contribution in [3.63, 3.8) is 0 Å². The number of fused-ring (bicyclic) bond motifs is 1. The van der Waals surface area contributed by atoms with Gasteiger partial charge in [-0.15, -0.1) is 0 Å². The average molecular weight is 636 g/mol. The van der Waals surface area contributed by atoms with Gasteiger partial charge in [0.25, 0.3) is 0 Å². The van der Waals surface area contributed by atoms with E-state index in [1.807, 2.05) is 18.2 Å². The van der Waals surface area contributed by atoms with Crippen LogP contribution >= 0.6 is 18.7 Å². The van der Waals surface area contributed by atoms with Gasteiger partial charge in [-0.2, -0.15) is 0 Å². The van der Waals surface area contributed by atoms with E-state index in [2.05, 4.69) is 23.3 Å². The molecule has 10 heteroatoms. The van der Waals surface area contributed by atoms with Gasteiger partial charge < -0.3 is 11.5 Å². The molecule has 38 heavy (non-hydrogen) atoms. The van der Waals surface area contributed by atoms with Crippen molar-refractivity contribution in [3.05, 3.63) is 80.4 Å². The second kappa shape index (κ2) is 12.4. The summed E-state index contributed by atoms with van der Waals surface area (Å²) in [5.41, 5.74) is 17.6. The van der Waals surface area contributed by atoms with Crippen LogP contribution in [0.2, 0.25) is 0 Å². The van der Waals surface area contributed by atoms with Gasteiger partial charge in [0, 0.05) is 11.4 Å². The van der Waals surface area contributed by atoms with Crippen molar-refractivity contribution in [1.82, 2.24) is 10.3 Å². The Morgan fingerprint density at radius 2 is 1.92 bits per heavy atom. The average Bonchev–Trinajstić information content (AvgIpc) is 3.67. The minimum absolute atomic E-state index is 0.